The number of rotatable bonds is 5. The van der Waals surface area contributed by atoms with Gasteiger partial charge in [-0.25, -0.2) is 0 Å². The maximum atomic E-state index is 6.38. The molecule has 1 heterocycles. The van der Waals surface area contributed by atoms with Crippen LogP contribution in [-0.4, -0.2) is 22.4 Å². The van der Waals surface area contributed by atoms with Crippen LogP contribution in [-0.2, 0) is 13.5 Å². The number of nitrogens with zero attached hydrogens (tertiary/aromatic N) is 2. The number of hydrogen-bond donors (Lipinski definition) is 1. The van der Waals surface area contributed by atoms with Crippen LogP contribution in [0, 0.1) is 18.8 Å². The Morgan fingerprint density at radius 2 is 2.21 bits per heavy atom. The highest BCUT2D eigenvalue weighted by Crippen LogP contribution is 2.34. The summed E-state index contributed by atoms with van der Waals surface area (Å²) >= 11 is 6.38. The van der Waals surface area contributed by atoms with Gasteiger partial charge < -0.3 is 5.32 Å². The minimum atomic E-state index is 0.530. The van der Waals surface area contributed by atoms with E-state index in [4.69, 9.17) is 11.6 Å². The lowest BCUT2D eigenvalue weighted by molar-refractivity contribution is 0.348. The Morgan fingerprint density at radius 1 is 1.47 bits per heavy atom. The van der Waals surface area contributed by atoms with Gasteiger partial charge in [-0.1, -0.05) is 31.9 Å². The van der Waals surface area contributed by atoms with Crippen molar-refractivity contribution in [1.82, 2.24) is 15.1 Å². The van der Waals surface area contributed by atoms with Gasteiger partial charge in [0.1, 0.15) is 0 Å². The summed E-state index contributed by atoms with van der Waals surface area (Å²) in [6, 6.07) is 0.530. The van der Waals surface area contributed by atoms with E-state index in [0.717, 1.165) is 35.5 Å². The zero-order valence-corrected chi connectivity index (χ0v) is 13.3. The van der Waals surface area contributed by atoms with Crippen LogP contribution in [0.15, 0.2) is 0 Å². The van der Waals surface area contributed by atoms with Crippen molar-refractivity contribution in [2.24, 2.45) is 18.9 Å². The van der Waals surface area contributed by atoms with Crippen LogP contribution in [0.1, 0.15) is 44.5 Å². The highest BCUT2D eigenvalue weighted by Gasteiger charge is 2.29. The molecule has 1 fully saturated rings. The lowest BCUT2D eigenvalue weighted by Gasteiger charge is -2.24. The normalized spacial score (nSPS) is 24.9. The smallest absolute Gasteiger partial charge is 0.0847 e. The van der Waals surface area contributed by atoms with Crippen molar-refractivity contribution in [3.63, 3.8) is 0 Å². The summed E-state index contributed by atoms with van der Waals surface area (Å²) < 4.78 is 1.94. The van der Waals surface area contributed by atoms with Gasteiger partial charge in [-0.15, -0.1) is 0 Å². The lowest BCUT2D eigenvalue weighted by Crippen LogP contribution is -2.37. The summed E-state index contributed by atoms with van der Waals surface area (Å²) in [4.78, 5) is 0. The molecule has 0 saturated heterocycles. The third-order valence-corrected chi connectivity index (χ3v) is 4.94. The largest absolute Gasteiger partial charge is 0.314 e. The van der Waals surface area contributed by atoms with Gasteiger partial charge in [0, 0.05) is 19.5 Å². The van der Waals surface area contributed by atoms with Crippen LogP contribution in [0.4, 0.5) is 0 Å². The summed E-state index contributed by atoms with van der Waals surface area (Å²) in [6.07, 6.45) is 5.03. The molecule has 0 aliphatic heterocycles. The standard InChI is InChI=1S/C15H26ClN3/c1-5-17-13(12-7-6-10(2)8-12)9-14-15(16)11(3)18-19(14)4/h10,12-13,17H,5-9H2,1-4H3. The van der Waals surface area contributed by atoms with Crippen LogP contribution >= 0.6 is 11.6 Å². The molecule has 1 aromatic rings. The SMILES string of the molecule is CCNC(Cc1c(Cl)c(C)nn1C)C1CCC(C)C1. The third-order valence-electron chi connectivity index (χ3n) is 4.45. The first-order valence-corrected chi connectivity index (χ1v) is 7.82. The molecule has 1 saturated carbocycles. The molecule has 1 aliphatic rings. The highest BCUT2D eigenvalue weighted by molar-refractivity contribution is 6.31. The van der Waals surface area contributed by atoms with Crippen LogP contribution in [0.3, 0.4) is 0 Å². The molecule has 3 unspecified atom stereocenters. The monoisotopic (exact) mass is 283 g/mol. The molecule has 0 aromatic carbocycles. The molecule has 19 heavy (non-hydrogen) atoms. The molecule has 1 aromatic heterocycles. The average Bonchev–Trinajstić information content (AvgIpc) is 2.88. The molecule has 0 bridgehead atoms. The lowest BCUT2D eigenvalue weighted by atomic mass is 9.93. The number of halogens is 1. The zero-order chi connectivity index (χ0) is 14.0. The van der Waals surface area contributed by atoms with Gasteiger partial charge in [0.2, 0.25) is 0 Å². The quantitative estimate of drug-likeness (QED) is 0.898. The Balaban J connectivity index is 2.12. The molecule has 0 radical (unpaired) electrons. The molecule has 1 N–H and O–H groups in total. The number of aromatic nitrogens is 2. The second kappa shape index (κ2) is 6.27. The third kappa shape index (κ3) is 3.32. The highest BCUT2D eigenvalue weighted by atomic mass is 35.5. The van der Waals surface area contributed by atoms with Gasteiger partial charge in [0.25, 0.3) is 0 Å². The predicted octanol–water partition coefficient (Wildman–Crippen LogP) is 3.34. The minimum absolute atomic E-state index is 0.530. The van der Waals surface area contributed by atoms with E-state index in [1.54, 1.807) is 0 Å². The van der Waals surface area contributed by atoms with Crippen LogP contribution in [0.2, 0.25) is 5.02 Å². The summed E-state index contributed by atoms with van der Waals surface area (Å²) in [5, 5.41) is 8.92. The van der Waals surface area contributed by atoms with Crippen molar-refractivity contribution < 1.29 is 0 Å². The molecular formula is C15H26ClN3. The van der Waals surface area contributed by atoms with Crippen LogP contribution in [0.25, 0.3) is 0 Å². The van der Waals surface area contributed by atoms with Crippen molar-refractivity contribution in [3.8, 4) is 0 Å². The van der Waals surface area contributed by atoms with Crippen molar-refractivity contribution in [2.45, 2.75) is 52.5 Å². The van der Waals surface area contributed by atoms with E-state index in [-0.39, 0.29) is 0 Å². The van der Waals surface area contributed by atoms with Gasteiger partial charge in [0.05, 0.1) is 16.4 Å². The van der Waals surface area contributed by atoms with Crippen molar-refractivity contribution in [1.29, 1.82) is 0 Å². The van der Waals surface area contributed by atoms with Crippen LogP contribution < -0.4 is 5.32 Å². The van der Waals surface area contributed by atoms with Gasteiger partial charge in [-0.3, -0.25) is 4.68 Å². The molecule has 2 rings (SSSR count). The first-order chi connectivity index (χ1) is 9.02. The van der Waals surface area contributed by atoms with E-state index >= 15 is 0 Å². The molecular weight excluding hydrogens is 258 g/mol. The average molecular weight is 284 g/mol. The predicted molar refractivity (Wildman–Crippen MR) is 80.6 cm³/mol. The van der Waals surface area contributed by atoms with E-state index in [0.29, 0.717) is 6.04 Å². The summed E-state index contributed by atoms with van der Waals surface area (Å²) in [5.74, 6) is 1.65. The molecule has 108 valence electrons. The Morgan fingerprint density at radius 3 is 2.68 bits per heavy atom. The Kier molecular flexibility index (Phi) is 4.91. The van der Waals surface area contributed by atoms with Gasteiger partial charge in [0.15, 0.2) is 0 Å². The first kappa shape index (κ1) is 14.9. The van der Waals surface area contributed by atoms with Crippen molar-refractivity contribution in [3.05, 3.63) is 16.4 Å². The fraction of sp³-hybridized carbons (Fsp3) is 0.800. The second-order valence-electron chi connectivity index (χ2n) is 6.02. The molecule has 0 amide bonds. The maximum absolute atomic E-state index is 6.38. The van der Waals surface area contributed by atoms with E-state index < -0.39 is 0 Å². The number of likely N-dealkylation sites (N-methyl/N-ethyl adjacent to an activating group) is 1. The summed E-state index contributed by atoms with van der Waals surface area (Å²) in [6.45, 7) is 7.54. The Labute approximate surface area is 121 Å². The van der Waals surface area contributed by atoms with Gasteiger partial charge in [-0.2, -0.15) is 5.10 Å². The van der Waals surface area contributed by atoms with E-state index in [1.165, 1.54) is 25.0 Å². The topological polar surface area (TPSA) is 29.9 Å². The Hall–Kier alpha value is -0.540. The van der Waals surface area contributed by atoms with Crippen LogP contribution in [0.5, 0.6) is 0 Å². The minimum Gasteiger partial charge on any atom is -0.314 e. The Bertz CT molecular complexity index is 427. The van der Waals surface area contributed by atoms with Crippen molar-refractivity contribution >= 4 is 11.6 Å². The van der Waals surface area contributed by atoms with E-state index in [2.05, 4.69) is 24.3 Å². The number of nitrogens with one attached hydrogen (secondary N) is 1. The van der Waals surface area contributed by atoms with Crippen molar-refractivity contribution in [2.75, 3.05) is 6.54 Å². The van der Waals surface area contributed by atoms with E-state index in [1.807, 2.05) is 18.7 Å². The number of aryl methyl sites for hydroxylation is 2. The second-order valence-corrected chi connectivity index (χ2v) is 6.39. The van der Waals surface area contributed by atoms with Gasteiger partial charge >= 0.3 is 0 Å². The molecule has 1 aliphatic carbocycles. The first-order valence-electron chi connectivity index (χ1n) is 7.44. The summed E-state index contributed by atoms with van der Waals surface area (Å²) in [7, 11) is 1.99. The fourth-order valence-electron chi connectivity index (χ4n) is 3.39. The summed E-state index contributed by atoms with van der Waals surface area (Å²) in [5.41, 5.74) is 2.11. The van der Waals surface area contributed by atoms with E-state index in [9.17, 15) is 0 Å². The molecule has 3 nitrogen and oxygen atoms in total. The maximum Gasteiger partial charge on any atom is 0.0847 e. The van der Waals surface area contributed by atoms with Gasteiger partial charge in [-0.05, 0) is 38.1 Å². The molecule has 0 spiro atoms. The molecule has 3 atom stereocenters. The number of hydrogen-bond acceptors (Lipinski definition) is 2. The zero-order valence-electron chi connectivity index (χ0n) is 12.5. The molecule has 4 heteroatoms. The fourth-order valence-corrected chi connectivity index (χ4v) is 3.63.